The summed E-state index contributed by atoms with van der Waals surface area (Å²) in [6, 6.07) is 8.06. The number of rotatable bonds is 8. The van der Waals surface area contributed by atoms with Gasteiger partial charge >= 0.3 is 0 Å². The van der Waals surface area contributed by atoms with Gasteiger partial charge in [-0.15, -0.1) is 0 Å². The number of anilines is 1. The predicted molar refractivity (Wildman–Crippen MR) is 89.3 cm³/mol. The molecule has 0 bridgehead atoms. The minimum absolute atomic E-state index is 0.273. The zero-order valence-electron chi connectivity index (χ0n) is 13.8. The molecule has 0 unspecified atom stereocenters. The molecule has 24 heavy (non-hydrogen) atoms. The van der Waals surface area contributed by atoms with Gasteiger partial charge in [0.05, 0.1) is 0 Å². The average Bonchev–Trinajstić information content (AvgIpc) is 2.57. The Morgan fingerprint density at radius 3 is 2.83 bits per heavy atom. The fraction of sp³-hybridized carbons (Fsp3) is 0.353. The molecule has 1 heterocycles. The molecule has 1 aromatic carbocycles. The summed E-state index contributed by atoms with van der Waals surface area (Å²) in [6.45, 7) is 3.07. The van der Waals surface area contributed by atoms with Crippen molar-refractivity contribution in [2.75, 3.05) is 25.6 Å². The van der Waals surface area contributed by atoms with Crippen molar-refractivity contribution in [1.29, 1.82) is 0 Å². The number of nitrogens with zero attached hydrogens (tertiary/aromatic N) is 2. The molecule has 0 fully saturated rings. The molecule has 1 aromatic heterocycles. The fourth-order valence-electron chi connectivity index (χ4n) is 2.11. The number of benzene rings is 1. The van der Waals surface area contributed by atoms with Crippen LogP contribution in [0, 0.1) is 12.7 Å². The lowest BCUT2D eigenvalue weighted by Gasteiger charge is -2.09. The molecular weight excluding hydrogens is 311 g/mol. The molecule has 0 atom stereocenters. The second-order valence-corrected chi connectivity index (χ2v) is 5.23. The van der Waals surface area contributed by atoms with Crippen LogP contribution in [0.2, 0.25) is 0 Å². The summed E-state index contributed by atoms with van der Waals surface area (Å²) in [5.74, 6) is 0.390. The first-order valence-corrected chi connectivity index (χ1v) is 7.70. The van der Waals surface area contributed by atoms with Crippen molar-refractivity contribution in [1.82, 2.24) is 15.3 Å². The van der Waals surface area contributed by atoms with E-state index in [1.807, 2.05) is 0 Å². The number of nitrogens with one attached hydrogen (secondary N) is 2. The highest BCUT2D eigenvalue weighted by molar-refractivity contribution is 5.92. The molecule has 2 N–H and O–H groups in total. The maximum absolute atomic E-state index is 13.6. The molecule has 7 heteroatoms. The van der Waals surface area contributed by atoms with Gasteiger partial charge < -0.3 is 15.4 Å². The highest BCUT2D eigenvalue weighted by atomic mass is 19.1. The minimum Gasteiger partial charge on any atom is -0.385 e. The van der Waals surface area contributed by atoms with Crippen LogP contribution in [0.15, 0.2) is 30.3 Å². The molecule has 0 aliphatic carbocycles. The highest BCUT2D eigenvalue weighted by Crippen LogP contribution is 2.11. The maximum atomic E-state index is 13.6. The molecular formula is C17H21FN4O2. The number of hydrogen-bond donors (Lipinski definition) is 2. The lowest BCUT2D eigenvalue weighted by Crippen LogP contribution is -2.26. The average molecular weight is 332 g/mol. The van der Waals surface area contributed by atoms with Crippen LogP contribution in [0.25, 0.3) is 0 Å². The van der Waals surface area contributed by atoms with Crippen LogP contribution < -0.4 is 10.6 Å². The summed E-state index contributed by atoms with van der Waals surface area (Å²) in [5.41, 5.74) is 0.801. The molecule has 0 radical (unpaired) electrons. The van der Waals surface area contributed by atoms with Gasteiger partial charge in [0.2, 0.25) is 0 Å². The van der Waals surface area contributed by atoms with Crippen LogP contribution in [-0.2, 0) is 11.3 Å². The number of aryl methyl sites for hydroxylation is 1. The van der Waals surface area contributed by atoms with Gasteiger partial charge in [0.15, 0.2) is 0 Å². The van der Waals surface area contributed by atoms with Crippen LogP contribution in [0.4, 0.5) is 10.2 Å². The molecule has 6 nitrogen and oxygen atoms in total. The van der Waals surface area contributed by atoms with Gasteiger partial charge in [0, 0.05) is 38.4 Å². The maximum Gasteiger partial charge on any atom is 0.270 e. The third-order valence-electron chi connectivity index (χ3n) is 3.30. The zero-order valence-corrected chi connectivity index (χ0v) is 13.8. The SMILES string of the molecule is COCCCNC(=O)c1cc(NCc2ccccc2F)nc(C)n1. The Balaban J connectivity index is 2.00. The Hall–Kier alpha value is -2.54. The Morgan fingerprint density at radius 1 is 1.29 bits per heavy atom. The predicted octanol–water partition coefficient (Wildman–Crippen LogP) is 2.30. The largest absolute Gasteiger partial charge is 0.385 e. The van der Waals surface area contributed by atoms with E-state index in [0.717, 1.165) is 6.42 Å². The number of aromatic nitrogens is 2. The van der Waals surface area contributed by atoms with Gasteiger partial charge in [-0.2, -0.15) is 0 Å². The van der Waals surface area contributed by atoms with Crippen molar-refractivity contribution in [3.8, 4) is 0 Å². The summed E-state index contributed by atoms with van der Waals surface area (Å²) >= 11 is 0. The van der Waals surface area contributed by atoms with Crippen LogP contribution in [0.1, 0.15) is 28.3 Å². The quantitative estimate of drug-likeness (QED) is 0.726. The van der Waals surface area contributed by atoms with E-state index in [-0.39, 0.29) is 24.0 Å². The van der Waals surface area contributed by atoms with E-state index in [4.69, 9.17) is 4.74 Å². The lowest BCUT2D eigenvalue weighted by molar-refractivity contribution is 0.0943. The molecule has 0 spiro atoms. The van der Waals surface area contributed by atoms with Crippen molar-refractivity contribution >= 4 is 11.7 Å². The van der Waals surface area contributed by atoms with Crippen LogP contribution in [0.5, 0.6) is 0 Å². The zero-order chi connectivity index (χ0) is 17.4. The van der Waals surface area contributed by atoms with Crippen molar-refractivity contribution in [3.05, 3.63) is 53.2 Å². The molecule has 1 amide bonds. The Morgan fingerprint density at radius 2 is 2.08 bits per heavy atom. The van der Waals surface area contributed by atoms with Crippen molar-refractivity contribution in [3.63, 3.8) is 0 Å². The van der Waals surface area contributed by atoms with Crippen LogP contribution in [-0.4, -0.2) is 36.1 Å². The standard InChI is InChI=1S/C17H21FN4O2/c1-12-21-15(17(23)19-8-5-9-24-2)10-16(22-12)20-11-13-6-3-4-7-14(13)18/h3-4,6-7,10H,5,8-9,11H2,1-2H3,(H,19,23)(H,20,21,22). The third-order valence-corrected chi connectivity index (χ3v) is 3.30. The summed E-state index contributed by atoms with van der Waals surface area (Å²) in [4.78, 5) is 20.5. The number of carbonyl (C=O) groups is 1. The molecule has 0 aliphatic heterocycles. The van der Waals surface area contributed by atoms with E-state index < -0.39 is 0 Å². The van der Waals surface area contributed by atoms with Crippen LogP contribution in [0.3, 0.4) is 0 Å². The van der Waals surface area contributed by atoms with Gasteiger partial charge in [-0.05, 0) is 19.4 Å². The molecule has 0 saturated carbocycles. The third kappa shape index (κ3) is 5.27. The van der Waals surface area contributed by atoms with Gasteiger partial charge in [0.1, 0.15) is 23.2 Å². The first-order valence-electron chi connectivity index (χ1n) is 7.70. The van der Waals surface area contributed by atoms with Gasteiger partial charge in [-0.3, -0.25) is 4.79 Å². The number of hydrogen-bond acceptors (Lipinski definition) is 5. The molecule has 128 valence electrons. The fourth-order valence-corrected chi connectivity index (χ4v) is 2.11. The number of carbonyl (C=O) groups excluding carboxylic acids is 1. The van der Waals surface area contributed by atoms with E-state index in [2.05, 4.69) is 20.6 Å². The second kappa shape index (κ2) is 8.93. The van der Waals surface area contributed by atoms with Crippen LogP contribution >= 0.6 is 0 Å². The number of amides is 1. The van der Waals surface area contributed by atoms with Gasteiger partial charge in [0.25, 0.3) is 5.91 Å². The van der Waals surface area contributed by atoms with E-state index in [9.17, 15) is 9.18 Å². The normalized spacial score (nSPS) is 10.5. The Labute approximate surface area is 140 Å². The number of ether oxygens (including phenoxy) is 1. The van der Waals surface area contributed by atoms with Crippen molar-refractivity contribution in [2.24, 2.45) is 0 Å². The molecule has 2 aromatic rings. The van der Waals surface area contributed by atoms with Crippen molar-refractivity contribution in [2.45, 2.75) is 19.9 Å². The van der Waals surface area contributed by atoms with E-state index in [1.54, 1.807) is 38.3 Å². The molecule has 0 saturated heterocycles. The summed E-state index contributed by atoms with van der Waals surface area (Å²) in [6.07, 6.45) is 0.727. The van der Waals surface area contributed by atoms with Crippen molar-refractivity contribution < 1.29 is 13.9 Å². The Kier molecular flexibility index (Phi) is 6.62. The molecule has 0 aliphatic rings. The first kappa shape index (κ1) is 17.8. The lowest BCUT2D eigenvalue weighted by atomic mass is 10.2. The second-order valence-electron chi connectivity index (χ2n) is 5.23. The minimum atomic E-state index is -0.285. The van der Waals surface area contributed by atoms with Gasteiger partial charge in [-0.25, -0.2) is 14.4 Å². The van der Waals surface area contributed by atoms with Gasteiger partial charge in [-0.1, -0.05) is 18.2 Å². The number of methoxy groups -OCH3 is 1. The summed E-state index contributed by atoms with van der Waals surface area (Å²) in [5, 5.41) is 5.80. The monoisotopic (exact) mass is 332 g/mol. The topological polar surface area (TPSA) is 76.1 Å². The van der Waals surface area contributed by atoms with E-state index >= 15 is 0 Å². The van der Waals surface area contributed by atoms with E-state index in [0.29, 0.717) is 30.4 Å². The highest BCUT2D eigenvalue weighted by Gasteiger charge is 2.10. The smallest absolute Gasteiger partial charge is 0.270 e. The Bertz CT molecular complexity index is 694. The first-order chi connectivity index (χ1) is 11.6. The molecule has 2 rings (SSSR count). The number of halogens is 1. The van der Waals surface area contributed by atoms with E-state index in [1.165, 1.54) is 6.07 Å². The summed E-state index contributed by atoms with van der Waals surface area (Å²) < 4.78 is 18.6. The summed E-state index contributed by atoms with van der Waals surface area (Å²) in [7, 11) is 1.61.